The highest BCUT2D eigenvalue weighted by Gasteiger charge is 2.24. The van der Waals surface area contributed by atoms with Crippen molar-refractivity contribution in [3.8, 4) is 5.75 Å². The van der Waals surface area contributed by atoms with Gasteiger partial charge >= 0.3 is 5.97 Å². The van der Waals surface area contributed by atoms with Crippen LogP contribution in [0.4, 0.5) is 0 Å². The van der Waals surface area contributed by atoms with E-state index in [1.54, 1.807) is 7.11 Å². The quantitative estimate of drug-likeness (QED) is 0.852. The van der Waals surface area contributed by atoms with Gasteiger partial charge in [-0.2, -0.15) is 0 Å². The number of nitrogens with two attached hydrogens (primary N) is 1. The molecule has 0 atom stereocenters. The summed E-state index contributed by atoms with van der Waals surface area (Å²) in [6.45, 7) is 2.96. The van der Waals surface area contributed by atoms with Crippen LogP contribution in [0.2, 0.25) is 0 Å². The number of carboxylic acids is 1. The number of methoxy groups -OCH3 is 1. The summed E-state index contributed by atoms with van der Waals surface area (Å²) >= 11 is 0. The van der Waals surface area contributed by atoms with Crippen LogP contribution in [0.3, 0.4) is 0 Å². The number of aliphatic carboxylic acids is 1. The monoisotopic (exact) mass is 278 g/mol. The molecule has 0 aliphatic carbocycles. The maximum atomic E-state index is 10.9. The van der Waals surface area contributed by atoms with E-state index in [1.165, 1.54) is 5.56 Å². The molecule has 1 saturated heterocycles. The zero-order valence-electron chi connectivity index (χ0n) is 11.8. The van der Waals surface area contributed by atoms with Crippen LogP contribution in [-0.2, 0) is 17.9 Å². The highest BCUT2D eigenvalue weighted by atomic mass is 16.5. The number of hydrogen-bond donors (Lipinski definition) is 2. The van der Waals surface area contributed by atoms with E-state index in [1.807, 2.05) is 12.1 Å². The standard InChI is InChI=1S/C15H22N2O3/c1-20-14-8-11(2-3-13(14)9-16)10-17-6-4-12(5-7-17)15(18)19/h2-3,8,12H,4-7,9-10,16H2,1H3,(H,18,19). The van der Waals surface area contributed by atoms with Crippen molar-refractivity contribution in [2.24, 2.45) is 11.7 Å². The molecule has 2 rings (SSSR count). The summed E-state index contributed by atoms with van der Waals surface area (Å²) in [5, 5.41) is 8.99. The van der Waals surface area contributed by atoms with Crippen LogP contribution >= 0.6 is 0 Å². The first-order valence-corrected chi connectivity index (χ1v) is 6.95. The first kappa shape index (κ1) is 14.8. The Morgan fingerprint density at radius 2 is 2.15 bits per heavy atom. The molecule has 0 spiro atoms. The van der Waals surface area contributed by atoms with Gasteiger partial charge in [-0.15, -0.1) is 0 Å². The third-order valence-corrected chi connectivity index (χ3v) is 3.91. The minimum atomic E-state index is -0.668. The van der Waals surface area contributed by atoms with Crippen molar-refractivity contribution in [2.75, 3.05) is 20.2 Å². The Kier molecular flexibility index (Phi) is 4.98. The third kappa shape index (κ3) is 3.49. The number of carbonyl (C=O) groups is 1. The van der Waals surface area contributed by atoms with Gasteiger partial charge in [0.15, 0.2) is 0 Å². The number of rotatable bonds is 5. The van der Waals surface area contributed by atoms with E-state index in [0.29, 0.717) is 6.54 Å². The SMILES string of the molecule is COc1cc(CN2CCC(C(=O)O)CC2)ccc1CN. The van der Waals surface area contributed by atoms with Crippen LogP contribution in [0.15, 0.2) is 18.2 Å². The van der Waals surface area contributed by atoms with Gasteiger partial charge in [-0.25, -0.2) is 0 Å². The summed E-state index contributed by atoms with van der Waals surface area (Å²) in [5.74, 6) is -0.0237. The van der Waals surface area contributed by atoms with Crippen molar-refractivity contribution >= 4 is 5.97 Å². The van der Waals surface area contributed by atoms with Crippen molar-refractivity contribution in [1.29, 1.82) is 0 Å². The summed E-state index contributed by atoms with van der Waals surface area (Å²) in [6.07, 6.45) is 1.46. The molecule has 20 heavy (non-hydrogen) atoms. The largest absolute Gasteiger partial charge is 0.496 e. The summed E-state index contributed by atoms with van der Waals surface area (Å²) in [5.41, 5.74) is 7.83. The predicted molar refractivity (Wildman–Crippen MR) is 76.5 cm³/mol. The predicted octanol–water partition coefficient (Wildman–Crippen LogP) is 1.45. The Bertz CT molecular complexity index is 468. The van der Waals surface area contributed by atoms with Crippen molar-refractivity contribution in [3.05, 3.63) is 29.3 Å². The van der Waals surface area contributed by atoms with Crippen LogP contribution in [0.1, 0.15) is 24.0 Å². The lowest BCUT2D eigenvalue weighted by Crippen LogP contribution is -2.35. The molecular formula is C15H22N2O3. The van der Waals surface area contributed by atoms with Gasteiger partial charge in [0.25, 0.3) is 0 Å². The second-order valence-corrected chi connectivity index (χ2v) is 5.24. The Morgan fingerprint density at radius 1 is 1.45 bits per heavy atom. The molecule has 0 aromatic heterocycles. The Labute approximate surface area is 119 Å². The zero-order valence-corrected chi connectivity index (χ0v) is 11.8. The summed E-state index contributed by atoms with van der Waals surface area (Å²) < 4.78 is 5.34. The van der Waals surface area contributed by atoms with Crippen LogP contribution < -0.4 is 10.5 Å². The van der Waals surface area contributed by atoms with Crippen molar-refractivity contribution in [1.82, 2.24) is 4.90 Å². The average Bonchev–Trinajstić information content (AvgIpc) is 2.47. The molecule has 5 heteroatoms. The topological polar surface area (TPSA) is 75.8 Å². The number of hydrogen-bond acceptors (Lipinski definition) is 4. The van der Waals surface area contributed by atoms with E-state index in [-0.39, 0.29) is 5.92 Å². The van der Waals surface area contributed by atoms with Gasteiger partial charge in [-0.3, -0.25) is 9.69 Å². The smallest absolute Gasteiger partial charge is 0.306 e. The van der Waals surface area contributed by atoms with Gasteiger partial charge < -0.3 is 15.6 Å². The maximum absolute atomic E-state index is 10.9. The molecule has 110 valence electrons. The van der Waals surface area contributed by atoms with Gasteiger partial charge in [-0.1, -0.05) is 12.1 Å². The molecular weight excluding hydrogens is 256 g/mol. The molecule has 1 heterocycles. The molecule has 0 radical (unpaired) electrons. The summed E-state index contributed by atoms with van der Waals surface area (Å²) in [4.78, 5) is 13.2. The first-order chi connectivity index (χ1) is 9.63. The second kappa shape index (κ2) is 6.72. The van der Waals surface area contributed by atoms with Gasteiger partial charge in [-0.05, 0) is 37.6 Å². The number of carboxylic acid groups (broad SMARTS) is 1. The fourth-order valence-electron chi connectivity index (χ4n) is 2.65. The van der Waals surface area contributed by atoms with Gasteiger partial charge in [0.1, 0.15) is 5.75 Å². The van der Waals surface area contributed by atoms with E-state index in [0.717, 1.165) is 43.8 Å². The normalized spacial score (nSPS) is 17.1. The van der Waals surface area contributed by atoms with Gasteiger partial charge in [0.05, 0.1) is 13.0 Å². The molecule has 1 aromatic carbocycles. The molecule has 0 amide bonds. The Morgan fingerprint density at radius 3 is 2.70 bits per heavy atom. The van der Waals surface area contributed by atoms with E-state index in [2.05, 4.69) is 11.0 Å². The van der Waals surface area contributed by atoms with Crippen molar-refractivity contribution in [2.45, 2.75) is 25.9 Å². The van der Waals surface area contributed by atoms with E-state index >= 15 is 0 Å². The minimum absolute atomic E-state index is 0.180. The Hall–Kier alpha value is -1.59. The highest BCUT2D eigenvalue weighted by Crippen LogP contribution is 2.23. The number of ether oxygens (including phenoxy) is 1. The third-order valence-electron chi connectivity index (χ3n) is 3.91. The number of benzene rings is 1. The van der Waals surface area contributed by atoms with Gasteiger partial charge in [0.2, 0.25) is 0 Å². The molecule has 0 bridgehead atoms. The fraction of sp³-hybridized carbons (Fsp3) is 0.533. The van der Waals surface area contributed by atoms with Crippen LogP contribution in [0.5, 0.6) is 5.75 Å². The van der Waals surface area contributed by atoms with E-state index in [4.69, 9.17) is 15.6 Å². The fourth-order valence-corrected chi connectivity index (χ4v) is 2.65. The Balaban J connectivity index is 1.96. The molecule has 5 nitrogen and oxygen atoms in total. The van der Waals surface area contributed by atoms with E-state index < -0.39 is 5.97 Å². The zero-order chi connectivity index (χ0) is 14.5. The lowest BCUT2D eigenvalue weighted by molar-refractivity contribution is -0.143. The number of likely N-dealkylation sites (tertiary alicyclic amines) is 1. The summed E-state index contributed by atoms with van der Waals surface area (Å²) in [7, 11) is 1.65. The minimum Gasteiger partial charge on any atom is -0.496 e. The van der Waals surface area contributed by atoms with Gasteiger partial charge in [0, 0.05) is 18.7 Å². The lowest BCUT2D eigenvalue weighted by atomic mass is 9.96. The molecule has 0 unspecified atom stereocenters. The average molecular weight is 278 g/mol. The molecule has 1 aromatic rings. The highest BCUT2D eigenvalue weighted by molar-refractivity contribution is 5.70. The van der Waals surface area contributed by atoms with Crippen molar-refractivity contribution in [3.63, 3.8) is 0 Å². The number of nitrogens with zero attached hydrogens (tertiary/aromatic N) is 1. The maximum Gasteiger partial charge on any atom is 0.306 e. The number of piperidine rings is 1. The molecule has 1 fully saturated rings. The van der Waals surface area contributed by atoms with Crippen molar-refractivity contribution < 1.29 is 14.6 Å². The second-order valence-electron chi connectivity index (χ2n) is 5.24. The molecule has 1 aliphatic heterocycles. The van der Waals surface area contributed by atoms with Crippen LogP contribution in [0.25, 0.3) is 0 Å². The summed E-state index contributed by atoms with van der Waals surface area (Å²) in [6, 6.07) is 6.08. The van der Waals surface area contributed by atoms with E-state index in [9.17, 15) is 4.79 Å². The van der Waals surface area contributed by atoms with Crippen LogP contribution in [-0.4, -0.2) is 36.2 Å². The lowest BCUT2D eigenvalue weighted by Gasteiger charge is -2.30. The molecule has 1 aliphatic rings. The molecule has 0 saturated carbocycles. The molecule has 3 N–H and O–H groups in total. The first-order valence-electron chi connectivity index (χ1n) is 6.95. The van der Waals surface area contributed by atoms with Crippen LogP contribution in [0, 0.1) is 5.92 Å².